The number of aliphatic hydroxyl groups excluding tert-OH is 2. The number of anilines is 1. The van der Waals surface area contributed by atoms with Crippen molar-refractivity contribution in [1.82, 2.24) is 9.55 Å². The minimum absolute atomic E-state index is 0.0289. The Balaban J connectivity index is 2.11. The summed E-state index contributed by atoms with van der Waals surface area (Å²) in [6.45, 7) is 4.62. The zero-order valence-electron chi connectivity index (χ0n) is 11.9. The molecule has 2 rings (SSSR count). The average Bonchev–Trinajstić information content (AvgIpc) is 2.73. The van der Waals surface area contributed by atoms with Gasteiger partial charge >= 0.3 is 11.7 Å². The number of aromatic nitrogens is 2. The number of nitrogens with two attached hydrogens (primary N) is 1. The SMILES string of the molecule is C=C(C)C(=O)OC[C@H]1O[C@@H](n2ccc(N)nc2=O)[C@H](O)[C@@H]1O. The van der Waals surface area contributed by atoms with Crippen molar-refractivity contribution in [2.24, 2.45) is 0 Å². The van der Waals surface area contributed by atoms with Crippen LogP contribution in [0.3, 0.4) is 0 Å². The van der Waals surface area contributed by atoms with Gasteiger partial charge in [-0.3, -0.25) is 4.57 Å². The van der Waals surface area contributed by atoms with E-state index in [-0.39, 0.29) is 18.0 Å². The quantitative estimate of drug-likeness (QED) is 0.454. The summed E-state index contributed by atoms with van der Waals surface area (Å²) in [4.78, 5) is 26.6. The predicted octanol–water partition coefficient (Wildman–Crippen LogP) is -1.44. The second kappa shape index (κ2) is 6.26. The van der Waals surface area contributed by atoms with Crippen molar-refractivity contribution in [3.05, 3.63) is 34.9 Å². The Labute approximate surface area is 125 Å². The van der Waals surface area contributed by atoms with E-state index in [0.717, 1.165) is 4.57 Å². The number of hydrogen-bond acceptors (Lipinski definition) is 8. The zero-order valence-corrected chi connectivity index (χ0v) is 11.9. The van der Waals surface area contributed by atoms with Crippen molar-refractivity contribution in [2.75, 3.05) is 12.3 Å². The number of carbonyl (C=O) groups is 1. The molecule has 4 atom stereocenters. The van der Waals surface area contributed by atoms with E-state index in [1.165, 1.54) is 19.2 Å². The first-order valence-electron chi connectivity index (χ1n) is 6.50. The molecule has 2 heterocycles. The maximum atomic E-state index is 11.7. The third kappa shape index (κ3) is 3.16. The number of ether oxygens (including phenoxy) is 2. The molecular formula is C13H17N3O6. The Hall–Kier alpha value is -2.23. The van der Waals surface area contributed by atoms with E-state index >= 15 is 0 Å². The molecule has 9 heteroatoms. The summed E-state index contributed by atoms with van der Waals surface area (Å²) in [6.07, 6.45) is -3.53. The van der Waals surface area contributed by atoms with Crippen LogP contribution in [-0.2, 0) is 14.3 Å². The third-order valence-corrected chi connectivity index (χ3v) is 3.19. The topological polar surface area (TPSA) is 137 Å². The summed E-state index contributed by atoms with van der Waals surface area (Å²) in [5.41, 5.74) is 4.85. The summed E-state index contributed by atoms with van der Waals surface area (Å²) in [6, 6.07) is 1.36. The van der Waals surface area contributed by atoms with Gasteiger partial charge in [-0.25, -0.2) is 9.59 Å². The van der Waals surface area contributed by atoms with Crippen LogP contribution < -0.4 is 11.4 Å². The molecule has 0 aliphatic carbocycles. The lowest BCUT2D eigenvalue weighted by Crippen LogP contribution is -2.36. The van der Waals surface area contributed by atoms with Crippen LogP contribution in [0.25, 0.3) is 0 Å². The van der Waals surface area contributed by atoms with Crippen LogP contribution in [0, 0.1) is 0 Å². The molecule has 0 amide bonds. The van der Waals surface area contributed by atoms with Gasteiger partial charge in [-0.2, -0.15) is 4.98 Å². The molecule has 120 valence electrons. The molecule has 0 radical (unpaired) electrons. The fraction of sp³-hybridized carbons (Fsp3) is 0.462. The van der Waals surface area contributed by atoms with E-state index in [0.29, 0.717) is 0 Å². The van der Waals surface area contributed by atoms with Gasteiger partial charge in [-0.15, -0.1) is 0 Å². The van der Waals surface area contributed by atoms with Gasteiger partial charge in [0.05, 0.1) is 0 Å². The summed E-state index contributed by atoms with van der Waals surface area (Å²) in [5.74, 6) is -0.610. The van der Waals surface area contributed by atoms with Gasteiger partial charge < -0.3 is 25.4 Å². The van der Waals surface area contributed by atoms with Gasteiger partial charge in [0.1, 0.15) is 30.7 Å². The molecule has 0 bridgehead atoms. The lowest BCUT2D eigenvalue weighted by Gasteiger charge is -2.16. The highest BCUT2D eigenvalue weighted by Crippen LogP contribution is 2.28. The summed E-state index contributed by atoms with van der Waals surface area (Å²) in [5, 5.41) is 19.9. The number of hydrogen-bond donors (Lipinski definition) is 3. The highest BCUT2D eigenvalue weighted by Gasteiger charge is 2.44. The van der Waals surface area contributed by atoms with E-state index in [9.17, 15) is 19.8 Å². The first-order chi connectivity index (χ1) is 10.3. The highest BCUT2D eigenvalue weighted by molar-refractivity contribution is 5.86. The highest BCUT2D eigenvalue weighted by atomic mass is 16.6. The van der Waals surface area contributed by atoms with Crippen LogP contribution in [0.4, 0.5) is 5.82 Å². The monoisotopic (exact) mass is 311 g/mol. The molecule has 1 aliphatic heterocycles. The Morgan fingerprint density at radius 3 is 2.82 bits per heavy atom. The summed E-state index contributed by atoms with van der Waals surface area (Å²) < 4.78 is 11.3. The molecule has 0 unspecified atom stereocenters. The lowest BCUT2D eigenvalue weighted by atomic mass is 10.1. The minimum Gasteiger partial charge on any atom is -0.459 e. The Bertz CT molecular complexity index is 643. The lowest BCUT2D eigenvalue weighted by molar-refractivity contribution is -0.145. The van der Waals surface area contributed by atoms with E-state index in [4.69, 9.17) is 15.2 Å². The van der Waals surface area contributed by atoms with Crippen molar-refractivity contribution < 1.29 is 24.5 Å². The average molecular weight is 311 g/mol. The van der Waals surface area contributed by atoms with Gasteiger partial charge in [-0.05, 0) is 13.0 Å². The zero-order chi connectivity index (χ0) is 16.4. The molecule has 0 saturated carbocycles. The number of nitrogen functional groups attached to an aromatic ring is 1. The number of carbonyl (C=O) groups excluding carboxylic acids is 1. The molecule has 22 heavy (non-hydrogen) atoms. The number of aliphatic hydroxyl groups is 2. The van der Waals surface area contributed by atoms with Crippen molar-refractivity contribution in [1.29, 1.82) is 0 Å². The first-order valence-corrected chi connectivity index (χ1v) is 6.50. The molecule has 0 spiro atoms. The van der Waals surface area contributed by atoms with Gasteiger partial charge in [-0.1, -0.05) is 6.58 Å². The molecule has 9 nitrogen and oxygen atoms in total. The van der Waals surface area contributed by atoms with Crippen molar-refractivity contribution in [2.45, 2.75) is 31.5 Å². The first kappa shape index (κ1) is 16.1. The molecule has 0 aromatic carbocycles. The second-order valence-electron chi connectivity index (χ2n) is 4.97. The Morgan fingerprint density at radius 2 is 2.23 bits per heavy atom. The maximum absolute atomic E-state index is 11.7. The molecule has 1 fully saturated rings. The van der Waals surface area contributed by atoms with Gasteiger partial charge in [0.25, 0.3) is 0 Å². The predicted molar refractivity (Wildman–Crippen MR) is 74.6 cm³/mol. The van der Waals surface area contributed by atoms with E-state index < -0.39 is 36.2 Å². The van der Waals surface area contributed by atoms with Crippen LogP contribution in [0.1, 0.15) is 13.2 Å². The fourth-order valence-electron chi connectivity index (χ4n) is 2.00. The minimum atomic E-state index is -1.38. The molecule has 1 aliphatic rings. The summed E-state index contributed by atoms with van der Waals surface area (Å²) in [7, 11) is 0. The van der Waals surface area contributed by atoms with Gasteiger partial charge in [0, 0.05) is 11.8 Å². The smallest absolute Gasteiger partial charge is 0.351 e. The van der Waals surface area contributed by atoms with Crippen LogP contribution >= 0.6 is 0 Å². The normalized spacial score (nSPS) is 27.6. The molecule has 1 saturated heterocycles. The summed E-state index contributed by atoms with van der Waals surface area (Å²) >= 11 is 0. The van der Waals surface area contributed by atoms with Crippen LogP contribution in [-0.4, -0.2) is 50.7 Å². The van der Waals surface area contributed by atoms with Crippen molar-refractivity contribution >= 4 is 11.8 Å². The van der Waals surface area contributed by atoms with E-state index in [1.54, 1.807) is 0 Å². The third-order valence-electron chi connectivity index (χ3n) is 3.19. The second-order valence-corrected chi connectivity index (χ2v) is 4.97. The molecule has 1 aromatic heterocycles. The number of esters is 1. The van der Waals surface area contributed by atoms with Crippen LogP contribution in [0.2, 0.25) is 0 Å². The maximum Gasteiger partial charge on any atom is 0.351 e. The van der Waals surface area contributed by atoms with Crippen LogP contribution in [0.15, 0.2) is 29.2 Å². The van der Waals surface area contributed by atoms with Crippen molar-refractivity contribution in [3.63, 3.8) is 0 Å². The Morgan fingerprint density at radius 1 is 1.55 bits per heavy atom. The van der Waals surface area contributed by atoms with Crippen molar-refractivity contribution in [3.8, 4) is 0 Å². The Kier molecular flexibility index (Phi) is 4.59. The number of rotatable bonds is 4. The largest absolute Gasteiger partial charge is 0.459 e. The molecule has 1 aromatic rings. The van der Waals surface area contributed by atoms with Crippen LogP contribution in [0.5, 0.6) is 0 Å². The molecule has 4 N–H and O–H groups in total. The number of nitrogens with zero attached hydrogens (tertiary/aromatic N) is 2. The van der Waals surface area contributed by atoms with Gasteiger partial charge in [0.2, 0.25) is 0 Å². The van der Waals surface area contributed by atoms with Gasteiger partial charge in [0.15, 0.2) is 6.23 Å². The van der Waals surface area contributed by atoms with E-state index in [1.807, 2.05) is 0 Å². The standard InChI is InChI=1S/C13H17N3O6/c1-6(2)12(19)21-5-7-9(17)10(18)11(22-7)16-4-3-8(14)15-13(16)20/h3-4,7,9-11,17-18H,1,5H2,2H3,(H2,14,15,20)/t7-,9-,10-,11-/m1/s1. The fourth-order valence-corrected chi connectivity index (χ4v) is 2.00. The molecular weight excluding hydrogens is 294 g/mol. The van der Waals surface area contributed by atoms with E-state index in [2.05, 4.69) is 11.6 Å².